The quantitative estimate of drug-likeness (QED) is 0.839. The molecule has 4 nitrogen and oxygen atoms in total. The third-order valence-electron chi connectivity index (χ3n) is 4.79. The van der Waals surface area contributed by atoms with Gasteiger partial charge in [0.25, 0.3) is 0 Å². The number of nitrogens with zero attached hydrogens (tertiary/aromatic N) is 2. The van der Waals surface area contributed by atoms with Gasteiger partial charge in [-0.05, 0) is 25.0 Å². The van der Waals surface area contributed by atoms with Crippen LogP contribution in [0.15, 0.2) is 29.3 Å². The minimum atomic E-state index is -0.406. The van der Waals surface area contributed by atoms with Gasteiger partial charge in [0.1, 0.15) is 5.82 Å². The van der Waals surface area contributed by atoms with Crippen LogP contribution in [0.5, 0.6) is 0 Å². The van der Waals surface area contributed by atoms with Crippen LogP contribution in [0.25, 0.3) is 0 Å². The zero-order valence-corrected chi connectivity index (χ0v) is 16.2. The van der Waals surface area contributed by atoms with Crippen LogP contribution in [0.2, 0.25) is 0 Å². The van der Waals surface area contributed by atoms with Crippen molar-refractivity contribution in [3.63, 3.8) is 0 Å². The second kappa shape index (κ2) is 8.90. The molecule has 0 bridgehead atoms. The lowest BCUT2D eigenvalue weighted by molar-refractivity contribution is -0.117. The van der Waals surface area contributed by atoms with Crippen LogP contribution in [0.3, 0.4) is 0 Å². The number of carbonyl (C=O) groups is 1. The molecule has 0 radical (unpaired) electrons. The number of hydrogen-bond acceptors (Lipinski definition) is 3. The average Bonchev–Trinajstić information content (AvgIpc) is 3.14. The zero-order chi connectivity index (χ0) is 17.1. The molecule has 1 saturated carbocycles. The van der Waals surface area contributed by atoms with Crippen molar-refractivity contribution in [1.29, 1.82) is 0 Å². The summed E-state index contributed by atoms with van der Waals surface area (Å²) in [5, 5.41) is 4.01. The molecule has 3 rings (SSSR count). The Morgan fingerprint density at radius 1 is 1.36 bits per heavy atom. The van der Waals surface area contributed by atoms with E-state index in [1.54, 1.807) is 30.0 Å². The Hall–Kier alpha value is -1.27. The summed E-state index contributed by atoms with van der Waals surface area (Å²) in [6.07, 6.45) is 5.21. The molecule has 2 atom stereocenters. The first-order chi connectivity index (χ1) is 11.5. The van der Waals surface area contributed by atoms with E-state index in [0.717, 1.165) is 5.17 Å². The number of rotatable bonds is 4. The number of benzene rings is 1. The first-order valence-electron chi connectivity index (χ1n) is 8.56. The summed E-state index contributed by atoms with van der Waals surface area (Å²) in [5.74, 6) is -0.567. The van der Waals surface area contributed by atoms with Crippen LogP contribution in [0.1, 0.15) is 39.0 Å². The molecule has 138 valence electrons. The van der Waals surface area contributed by atoms with Crippen molar-refractivity contribution >= 4 is 40.9 Å². The number of hydrogen-bond donors (Lipinski definition) is 1. The second-order valence-corrected chi connectivity index (χ2v) is 7.93. The van der Waals surface area contributed by atoms with Crippen molar-refractivity contribution in [1.82, 2.24) is 4.90 Å². The van der Waals surface area contributed by atoms with Gasteiger partial charge in [0.15, 0.2) is 5.17 Å². The van der Waals surface area contributed by atoms with Crippen LogP contribution in [-0.4, -0.2) is 40.4 Å². The monoisotopic (exact) mass is 385 g/mol. The Morgan fingerprint density at radius 2 is 2.04 bits per heavy atom. The number of aliphatic imine (C=N–C) groups is 1. The summed E-state index contributed by atoms with van der Waals surface area (Å²) in [6.45, 7) is 2.12. The van der Waals surface area contributed by atoms with Crippen molar-refractivity contribution < 1.29 is 9.18 Å². The minimum Gasteiger partial charge on any atom is -0.350 e. The fourth-order valence-electron chi connectivity index (χ4n) is 3.35. The van der Waals surface area contributed by atoms with Gasteiger partial charge in [0, 0.05) is 18.7 Å². The largest absolute Gasteiger partial charge is 0.350 e. The summed E-state index contributed by atoms with van der Waals surface area (Å²) in [4.78, 5) is 19.3. The zero-order valence-electron chi connectivity index (χ0n) is 14.6. The first kappa shape index (κ1) is 20.0. The number of amidine groups is 1. The lowest BCUT2D eigenvalue weighted by Gasteiger charge is -2.23. The number of anilines is 1. The van der Waals surface area contributed by atoms with Crippen LogP contribution in [0.4, 0.5) is 10.1 Å². The Balaban J connectivity index is 0.00000225. The minimum absolute atomic E-state index is 0. The van der Waals surface area contributed by atoms with Gasteiger partial charge in [-0.1, -0.05) is 43.7 Å². The Morgan fingerprint density at radius 3 is 2.72 bits per heavy atom. The van der Waals surface area contributed by atoms with Gasteiger partial charge >= 0.3 is 0 Å². The van der Waals surface area contributed by atoms with Gasteiger partial charge < -0.3 is 10.2 Å². The topological polar surface area (TPSA) is 44.7 Å². The molecule has 1 saturated heterocycles. The lowest BCUT2D eigenvalue weighted by Crippen LogP contribution is -2.36. The van der Waals surface area contributed by atoms with Crippen LogP contribution in [0, 0.1) is 5.82 Å². The SMILES string of the molecule is CC1S/C(=N\C2CCCC2)N(C)C1CC(=O)Nc1ccccc1F.Cl. The predicted octanol–water partition coefficient (Wildman–Crippen LogP) is 4.31. The molecule has 1 amide bonds. The van der Waals surface area contributed by atoms with Crippen LogP contribution < -0.4 is 5.32 Å². The summed E-state index contributed by atoms with van der Waals surface area (Å²) in [7, 11) is 2.01. The van der Waals surface area contributed by atoms with E-state index in [1.807, 2.05) is 7.05 Å². The van der Waals surface area contributed by atoms with Crippen LogP contribution >= 0.6 is 24.2 Å². The Kier molecular flexibility index (Phi) is 7.14. The Bertz CT molecular complexity index is 637. The summed E-state index contributed by atoms with van der Waals surface area (Å²) in [5.41, 5.74) is 0.239. The van der Waals surface area contributed by atoms with Gasteiger partial charge in [0.05, 0.1) is 17.8 Å². The molecule has 0 aromatic heterocycles. The molecule has 0 spiro atoms. The fourth-order valence-corrected chi connectivity index (χ4v) is 4.63. The highest BCUT2D eigenvalue weighted by molar-refractivity contribution is 8.14. The standard InChI is InChI=1S/C18H24FN3OS.ClH/c1-12-16(11-17(23)21-15-10-6-5-9-14(15)19)22(2)18(24-12)20-13-7-3-4-8-13;/h5-6,9-10,12-13,16H,3-4,7-8,11H2,1-2H3,(H,21,23);1H/b20-18-;. The second-order valence-electron chi connectivity index (χ2n) is 6.58. The third kappa shape index (κ3) is 4.88. The van der Waals surface area contributed by atoms with Crippen molar-refractivity contribution in [3.8, 4) is 0 Å². The normalized spacial score (nSPS) is 25.2. The molecule has 1 N–H and O–H groups in total. The molecule has 1 aliphatic heterocycles. The van der Waals surface area contributed by atoms with Gasteiger partial charge in [-0.3, -0.25) is 9.79 Å². The highest BCUT2D eigenvalue weighted by atomic mass is 35.5. The maximum absolute atomic E-state index is 13.7. The van der Waals surface area contributed by atoms with Gasteiger partial charge in [-0.2, -0.15) is 0 Å². The van der Waals surface area contributed by atoms with Crippen molar-refractivity contribution in [2.45, 2.75) is 56.4 Å². The fraction of sp³-hybridized carbons (Fsp3) is 0.556. The molecule has 1 aliphatic carbocycles. The maximum atomic E-state index is 13.7. The maximum Gasteiger partial charge on any atom is 0.226 e. The van der Waals surface area contributed by atoms with E-state index in [-0.39, 0.29) is 30.0 Å². The number of nitrogens with one attached hydrogen (secondary N) is 1. The summed E-state index contributed by atoms with van der Waals surface area (Å²) >= 11 is 1.74. The first-order valence-corrected chi connectivity index (χ1v) is 9.44. The number of para-hydroxylation sites is 1. The van der Waals surface area contributed by atoms with E-state index in [1.165, 1.54) is 31.7 Å². The van der Waals surface area contributed by atoms with E-state index in [2.05, 4.69) is 17.1 Å². The highest BCUT2D eigenvalue weighted by Gasteiger charge is 2.36. The van der Waals surface area contributed by atoms with E-state index in [9.17, 15) is 9.18 Å². The van der Waals surface area contributed by atoms with Crippen molar-refractivity contribution in [2.24, 2.45) is 4.99 Å². The molecule has 2 fully saturated rings. The van der Waals surface area contributed by atoms with Crippen molar-refractivity contribution in [2.75, 3.05) is 12.4 Å². The number of carbonyl (C=O) groups excluding carboxylic acids is 1. The van der Waals surface area contributed by atoms with E-state index in [0.29, 0.717) is 17.7 Å². The molecule has 7 heteroatoms. The molecule has 25 heavy (non-hydrogen) atoms. The number of halogens is 2. The molecule has 1 aromatic rings. The average molecular weight is 386 g/mol. The van der Waals surface area contributed by atoms with E-state index < -0.39 is 5.82 Å². The van der Waals surface area contributed by atoms with E-state index >= 15 is 0 Å². The van der Waals surface area contributed by atoms with Gasteiger partial charge in [0.2, 0.25) is 5.91 Å². The molecular formula is C18H25ClFN3OS. The van der Waals surface area contributed by atoms with E-state index in [4.69, 9.17) is 4.99 Å². The lowest BCUT2D eigenvalue weighted by atomic mass is 10.1. The number of amides is 1. The molecule has 2 unspecified atom stereocenters. The smallest absolute Gasteiger partial charge is 0.226 e. The van der Waals surface area contributed by atoms with Crippen LogP contribution in [-0.2, 0) is 4.79 Å². The summed E-state index contributed by atoms with van der Waals surface area (Å²) < 4.78 is 13.7. The molecular weight excluding hydrogens is 361 g/mol. The van der Waals surface area contributed by atoms with Gasteiger partial charge in [-0.15, -0.1) is 12.4 Å². The van der Waals surface area contributed by atoms with Crippen molar-refractivity contribution in [3.05, 3.63) is 30.1 Å². The molecule has 1 aromatic carbocycles. The third-order valence-corrected chi connectivity index (χ3v) is 6.08. The molecule has 2 aliphatic rings. The predicted molar refractivity (Wildman–Crippen MR) is 105 cm³/mol. The van der Waals surface area contributed by atoms with Gasteiger partial charge in [-0.25, -0.2) is 4.39 Å². The summed E-state index contributed by atoms with van der Waals surface area (Å²) in [6, 6.07) is 6.78. The molecule has 1 heterocycles. The number of thioether (sulfide) groups is 1. The highest BCUT2D eigenvalue weighted by Crippen LogP contribution is 2.34. The Labute approximate surface area is 159 Å².